The van der Waals surface area contributed by atoms with Crippen LogP contribution in [0.1, 0.15) is 16.1 Å². The molecule has 0 atom stereocenters. The summed E-state index contributed by atoms with van der Waals surface area (Å²) in [5.74, 6) is -1.14. The molecule has 0 aliphatic carbocycles. The van der Waals surface area contributed by atoms with Gasteiger partial charge >= 0.3 is 5.97 Å². The molecule has 0 aliphatic heterocycles. The fourth-order valence-electron chi connectivity index (χ4n) is 2.20. The van der Waals surface area contributed by atoms with Crippen molar-refractivity contribution in [1.29, 1.82) is 0 Å². The molecule has 0 spiro atoms. The van der Waals surface area contributed by atoms with Crippen LogP contribution in [0.2, 0.25) is 0 Å². The van der Waals surface area contributed by atoms with E-state index < -0.39 is 11.9 Å². The average molecular weight is 301 g/mol. The quantitative estimate of drug-likeness (QED) is 0.748. The summed E-state index contributed by atoms with van der Waals surface area (Å²) in [5, 5.41) is 13.5. The first-order valence-electron chi connectivity index (χ1n) is 6.48. The lowest BCUT2D eigenvalue weighted by Crippen LogP contribution is -2.05. The van der Waals surface area contributed by atoms with Crippen molar-refractivity contribution in [2.45, 2.75) is 6.54 Å². The van der Waals surface area contributed by atoms with Gasteiger partial charge in [-0.15, -0.1) is 0 Å². The maximum absolute atomic E-state index is 13.3. The normalized spacial score (nSPS) is 10.8. The van der Waals surface area contributed by atoms with Crippen LogP contribution in [0.15, 0.2) is 36.4 Å². The Bertz CT molecular complexity index is 843. The molecule has 2 heterocycles. The minimum atomic E-state index is -1.17. The zero-order valence-electron chi connectivity index (χ0n) is 11.7. The Morgan fingerprint density at radius 3 is 2.64 bits per heavy atom. The summed E-state index contributed by atoms with van der Waals surface area (Å²) >= 11 is 0. The van der Waals surface area contributed by atoms with E-state index in [0.29, 0.717) is 11.1 Å². The van der Waals surface area contributed by atoms with Crippen molar-refractivity contribution in [2.24, 2.45) is 0 Å². The van der Waals surface area contributed by atoms with Crippen molar-refractivity contribution in [3.05, 3.63) is 53.6 Å². The number of aromatic nitrogens is 3. The lowest BCUT2D eigenvalue weighted by Gasteiger charge is -2.04. The minimum Gasteiger partial charge on any atom is -0.497 e. The van der Waals surface area contributed by atoms with Gasteiger partial charge in [-0.25, -0.2) is 9.48 Å². The van der Waals surface area contributed by atoms with Crippen molar-refractivity contribution in [3.8, 4) is 5.75 Å². The Labute approximate surface area is 124 Å². The Balaban J connectivity index is 2.05. The molecule has 2 aromatic heterocycles. The molecule has 6 nitrogen and oxygen atoms in total. The molecule has 1 aromatic carbocycles. The van der Waals surface area contributed by atoms with Gasteiger partial charge in [0.1, 0.15) is 5.75 Å². The summed E-state index contributed by atoms with van der Waals surface area (Å²) < 4.78 is 19.8. The van der Waals surface area contributed by atoms with Gasteiger partial charge in [0.25, 0.3) is 0 Å². The van der Waals surface area contributed by atoms with Crippen LogP contribution in [-0.2, 0) is 6.54 Å². The highest BCUT2D eigenvalue weighted by molar-refractivity contribution is 6.00. The monoisotopic (exact) mass is 301 g/mol. The van der Waals surface area contributed by atoms with E-state index in [1.165, 1.54) is 10.7 Å². The van der Waals surface area contributed by atoms with Crippen molar-refractivity contribution < 1.29 is 19.0 Å². The number of rotatable bonds is 4. The summed E-state index contributed by atoms with van der Waals surface area (Å²) in [6.45, 7) is 0.282. The number of carboxylic acids is 1. The summed E-state index contributed by atoms with van der Waals surface area (Å²) in [7, 11) is 1.57. The van der Waals surface area contributed by atoms with E-state index in [4.69, 9.17) is 4.74 Å². The number of pyridine rings is 1. The number of hydrogen-bond donors (Lipinski definition) is 1. The predicted molar refractivity (Wildman–Crippen MR) is 76.5 cm³/mol. The maximum atomic E-state index is 13.3. The fraction of sp³-hybridized carbons (Fsp3) is 0.133. The molecule has 0 amide bonds. The molecule has 0 aliphatic rings. The largest absolute Gasteiger partial charge is 0.497 e. The van der Waals surface area contributed by atoms with E-state index in [9.17, 15) is 14.3 Å². The summed E-state index contributed by atoms with van der Waals surface area (Å²) in [6.07, 6.45) is 0. The molecule has 0 fully saturated rings. The highest BCUT2D eigenvalue weighted by Crippen LogP contribution is 2.19. The van der Waals surface area contributed by atoms with E-state index in [1.54, 1.807) is 19.2 Å². The second-order valence-corrected chi connectivity index (χ2v) is 4.66. The Kier molecular flexibility index (Phi) is 3.46. The molecule has 0 saturated heterocycles. The number of benzene rings is 1. The van der Waals surface area contributed by atoms with Crippen LogP contribution >= 0.6 is 0 Å². The molecular formula is C15H12FN3O3. The second kappa shape index (κ2) is 5.44. The number of carboxylic acid groups (broad SMARTS) is 1. The molecule has 1 N–H and O–H groups in total. The van der Waals surface area contributed by atoms with Gasteiger partial charge < -0.3 is 9.84 Å². The fourth-order valence-corrected chi connectivity index (χ4v) is 2.20. The number of halogens is 1. The highest BCUT2D eigenvalue weighted by Gasteiger charge is 2.18. The summed E-state index contributed by atoms with van der Waals surface area (Å²) in [5.41, 5.74) is 0.928. The summed E-state index contributed by atoms with van der Waals surface area (Å²) in [6, 6.07) is 9.71. The molecule has 0 radical (unpaired) electrons. The Morgan fingerprint density at radius 2 is 2.00 bits per heavy atom. The lowest BCUT2D eigenvalue weighted by atomic mass is 10.2. The van der Waals surface area contributed by atoms with Gasteiger partial charge in [-0.2, -0.15) is 14.5 Å². The second-order valence-electron chi connectivity index (χ2n) is 4.66. The Hall–Kier alpha value is -2.96. The van der Waals surface area contributed by atoms with Gasteiger partial charge in [0.05, 0.1) is 19.0 Å². The number of hydrogen-bond acceptors (Lipinski definition) is 4. The Morgan fingerprint density at radius 1 is 1.27 bits per heavy atom. The highest BCUT2D eigenvalue weighted by atomic mass is 19.1. The first-order chi connectivity index (χ1) is 10.6. The average Bonchev–Trinajstić information content (AvgIpc) is 2.86. The smallest absolute Gasteiger partial charge is 0.357 e. The lowest BCUT2D eigenvalue weighted by molar-refractivity contribution is 0.0691. The van der Waals surface area contributed by atoms with Gasteiger partial charge in [-0.05, 0) is 29.8 Å². The molecule has 7 heteroatoms. The molecule has 3 aromatic rings. The number of methoxy groups -OCH3 is 1. The van der Waals surface area contributed by atoms with Gasteiger partial charge in [0, 0.05) is 0 Å². The topological polar surface area (TPSA) is 77.2 Å². The van der Waals surface area contributed by atoms with Crippen LogP contribution in [0.5, 0.6) is 5.75 Å². The molecule has 0 saturated carbocycles. The molecule has 0 unspecified atom stereocenters. The van der Waals surface area contributed by atoms with E-state index in [1.807, 2.05) is 12.1 Å². The van der Waals surface area contributed by atoms with Crippen LogP contribution in [0.3, 0.4) is 0 Å². The van der Waals surface area contributed by atoms with Crippen molar-refractivity contribution >= 4 is 17.0 Å². The first-order valence-corrected chi connectivity index (χ1v) is 6.48. The third-order valence-electron chi connectivity index (χ3n) is 3.26. The first kappa shape index (κ1) is 14.0. The summed E-state index contributed by atoms with van der Waals surface area (Å²) in [4.78, 5) is 15.0. The molecule has 0 bridgehead atoms. The zero-order chi connectivity index (χ0) is 15.7. The van der Waals surface area contributed by atoms with Gasteiger partial charge in [-0.1, -0.05) is 12.1 Å². The number of nitrogens with zero attached hydrogens (tertiary/aromatic N) is 3. The third kappa shape index (κ3) is 2.48. The van der Waals surface area contributed by atoms with Gasteiger partial charge in [-0.3, -0.25) is 0 Å². The van der Waals surface area contributed by atoms with Crippen LogP contribution in [0, 0.1) is 5.95 Å². The van der Waals surface area contributed by atoms with Gasteiger partial charge in [0.2, 0.25) is 5.95 Å². The van der Waals surface area contributed by atoms with Gasteiger partial charge in [0.15, 0.2) is 11.3 Å². The maximum Gasteiger partial charge on any atom is 0.357 e. The van der Waals surface area contributed by atoms with Crippen molar-refractivity contribution in [2.75, 3.05) is 7.11 Å². The molecule has 22 heavy (non-hydrogen) atoms. The van der Waals surface area contributed by atoms with Crippen LogP contribution in [0.25, 0.3) is 11.0 Å². The third-order valence-corrected chi connectivity index (χ3v) is 3.26. The standard InChI is InChI=1S/C15H12FN3O3/c1-22-10-4-2-9(3-5-10)8-19-14-11(6-7-12(16)17-14)13(18-19)15(20)21/h2-7H,8H2,1H3,(H,20,21). The number of ether oxygens (including phenoxy) is 1. The van der Waals surface area contributed by atoms with Crippen LogP contribution in [-0.4, -0.2) is 33.0 Å². The minimum absolute atomic E-state index is 0.143. The number of carbonyl (C=O) groups is 1. The van der Waals surface area contributed by atoms with Crippen molar-refractivity contribution in [3.63, 3.8) is 0 Å². The van der Waals surface area contributed by atoms with Crippen LogP contribution in [0.4, 0.5) is 4.39 Å². The van der Waals surface area contributed by atoms with E-state index in [0.717, 1.165) is 11.6 Å². The SMILES string of the molecule is COc1ccc(Cn2nc(C(=O)O)c3ccc(F)nc32)cc1. The van der Waals surface area contributed by atoms with E-state index >= 15 is 0 Å². The van der Waals surface area contributed by atoms with Crippen LogP contribution < -0.4 is 4.74 Å². The van der Waals surface area contributed by atoms with Crippen molar-refractivity contribution in [1.82, 2.24) is 14.8 Å². The van der Waals surface area contributed by atoms with E-state index in [-0.39, 0.29) is 17.9 Å². The number of aromatic carboxylic acids is 1. The number of fused-ring (bicyclic) bond motifs is 1. The molecular weight excluding hydrogens is 289 g/mol. The predicted octanol–water partition coefficient (Wildman–Crippen LogP) is 2.33. The molecule has 112 valence electrons. The zero-order valence-corrected chi connectivity index (χ0v) is 11.7. The van der Waals surface area contributed by atoms with E-state index in [2.05, 4.69) is 10.1 Å². The molecule has 3 rings (SSSR count).